The third-order valence-corrected chi connectivity index (χ3v) is 2.14. The molecule has 4 nitrogen and oxygen atoms in total. The molecule has 4 heteroatoms. The van der Waals surface area contributed by atoms with Crippen LogP contribution in [0.4, 0.5) is 0 Å². The molecule has 0 aliphatic heterocycles. The molecule has 0 bridgehead atoms. The lowest BCUT2D eigenvalue weighted by atomic mass is 10.1. The summed E-state index contributed by atoms with van der Waals surface area (Å²) in [6, 6.07) is 6.29. The summed E-state index contributed by atoms with van der Waals surface area (Å²) in [4.78, 5) is 21.7. The quantitative estimate of drug-likeness (QED) is 0.762. The molecule has 1 N–H and O–H groups in total. The van der Waals surface area contributed by atoms with E-state index in [0.29, 0.717) is 16.5 Å². The highest BCUT2D eigenvalue weighted by Gasteiger charge is 2.11. The number of furan rings is 1. The first-order chi connectivity index (χ1) is 7.08. The maximum Gasteiger partial charge on any atom is 0.371 e. The van der Waals surface area contributed by atoms with Gasteiger partial charge in [0.2, 0.25) is 5.76 Å². The molecule has 1 aromatic carbocycles. The van der Waals surface area contributed by atoms with Crippen molar-refractivity contribution in [2.45, 2.75) is 6.92 Å². The van der Waals surface area contributed by atoms with Crippen molar-refractivity contribution < 1.29 is 19.1 Å². The van der Waals surface area contributed by atoms with Gasteiger partial charge in [-0.25, -0.2) is 4.79 Å². The van der Waals surface area contributed by atoms with E-state index < -0.39 is 5.97 Å². The van der Waals surface area contributed by atoms with Gasteiger partial charge in [0.05, 0.1) is 0 Å². The summed E-state index contributed by atoms with van der Waals surface area (Å²) in [6.07, 6.45) is 0. The standard InChI is InChI=1S/C11H8O4/c1-6(12)7-2-3-8-5-10(11(13)14)15-9(8)4-7/h2-5H,1H3,(H,13,14). The molecule has 0 saturated carbocycles. The summed E-state index contributed by atoms with van der Waals surface area (Å²) in [7, 11) is 0. The summed E-state index contributed by atoms with van der Waals surface area (Å²) in [5.41, 5.74) is 0.925. The Morgan fingerprint density at radius 2 is 2.00 bits per heavy atom. The van der Waals surface area contributed by atoms with Crippen molar-refractivity contribution in [2.24, 2.45) is 0 Å². The largest absolute Gasteiger partial charge is 0.475 e. The van der Waals surface area contributed by atoms with Crippen LogP contribution < -0.4 is 0 Å². The normalized spacial score (nSPS) is 10.5. The van der Waals surface area contributed by atoms with E-state index in [9.17, 15) is 9.59 Å². The van der Waals surface area contributed by atoms with Gasteiger partial charge in [0.15, 0.2) is 5.78 Å². The van der Waals surface area contributed by atoms with Crippen molar-refractivity contribution in [3.8, 4) is 0 Å². The van der Waals surface area contributed by atoms with E-state index in [4.69, 9.17) is 9.52 Å². The Morgan fingerprint density at radius 1 is 1.27 bits per heavy atom. The molecule has 0 spiro atoms. The lowest BCUT2D eigenvalue weighted by molar-refractivity contribution is 0.0665. The Kier molecular flexibility index (Phi) is 2.04. The maximum atomic E-state index is 11.1. The molecule has 0 amide bonds. The van der Waals surface area contributed by atoms with Crippen LogP contribution >= 0.6 is 0 Å². The number of benzene rings is 1. The highest BCUT2D eigenvalue weighted by molar-refractivity contribution is 5.98. The summed E-state index contributed by atoms with van der Waals surface area (Å²) in [6.45, 7) is 1.45. The first kappa shape index (κ1) is 9.45. The number of hydrogen-bond donors (Lipinski definition) is 1. The van der Waals surface area contributed by atoms with Crippen LogP contribution in [0.25, 0.3) is 11.0 Å². The molecule has 76 valence electrons. The predicted molar refractivity (Wildman–Crippen MR) is 53.2 cm³/mol. The average Bonchev–Trinajstić information content (AvgIpc) is 2.59. The minimum atomic E-state index is -1.12. The molecule has 15 heavy (non-hydrogen) atoms. The Bertz CT molecular complexity index is 539. The van der Waals surface area contributed by atoms with E-state index in [1.165, 1.54) is 13.0 Å². The number of carboxylic acids is 1. The monoisotopic (exact) mass is 204 g/mol. The first-order valence-corrected chi connectivity index (χ1v) is 4.36. The molecule has 0 saturated heterocycles. The van der Waals surface area contributed by atoms with Crippen LogP contribution in [0.5, 0.6) is 0 Å². The summed E-state index contributed by atoms with van der Waals surface area (Å²) >= 11 is 0. The van der Waals surface area contributed by atoms with Crippen molar-refractivity contribution in [3.63, 3.8) is 0 Å². The third kappa shape index (κ3) is 1.61. The van der Waals surface area contributed by atoms with E-state index in [1.54, 1.807) is 18.2 Å². The Morgan fingerprint density at radius 3 is 2.60 bits per heavy atom. The molecular weight excluding hydrogens is 196 g/mol. The number of rotatable bonds is 2. The van der Waals surface area contributed by atoms with Crippen LogP contribution in [0.1, 0.15) is 27.8 Å². The topological polar surface area (TPSA) is 67.5 Å². The van der Waals surface area contributed by atoms with Gasteiger partial charge in [0, 0.05) is 10.9 Å². The Labute approximate surface area is 85.1 Å². The summed E-state index contributed by atoms with van der Waals surface area (Å²) in [5, 5.41) is 9.38. The zero-order chi connectivity index (χ0) is 11.0. The molecule has 1 heterocycles. The number of Topliss-reactive ketones (excluding diaryl/α,β-unsaturated/α-hetero) is 1. The molecule has 2 aromatic rings. The lowest BCUT2D eigenvalue weighted by Crippen LogP contribution is -1.91. The Balaban J connectivity index is 2.62. The van der Waals surface area contributed by atoms with Gasteiger partial charge < -0.3 is 9.52 Å². The summed E-state index contributed by atoms with van der Waals surface area (Å²) in [5.74, 6) is -1.31. The van der Waals surface area contributed by atoms with Gasteiger partial charge in [0.25, 0.3) is 0 Å². The second kappa shape index (κ2) is 3.24. The van der Waals surface area contributed by atoms with Gasteiger partial charge in [-0.15, -0.1) is 0 Å². The van der Waals surface area contributed by atoms with Crippen molar-refractivity contribution in [2.75, 3.05) is 0 Å². The minimum Gasteiger partial charge on any atom is -0.475 e. The molecule has 0 unspecified atom stereocenters. The fourth-order valence-corrected chi connectivity index (χ4v) is 1.36. The Hall–Kier alpha value is -2.10. The van der Waals surface area contributed by atoms with Crippen molar-refractivity contribution in [1.82, 2.24) is 0 Å². The average molecular weight is 204 g/mol. The van der Waals surface area contributed by atoms with Gasteiger partial charge >= 0.3 is 5.97 Å². The number of carbonyl (C=O) groups is 2. The number of carbonyl (C=O) groups excluding carboxylic acids is 1. The molecule has 0 atom stereocenters. The lowest BCUT2D eigenvalue weighted by Gasteiger charge is -1.93. The smallest absolute Gasteiger partial charge is 0.371 e. The third-order valence-electron chi connectivity index (χ3n) is 2.14. The van der Waals surface area contributed by atoms with Crippen LogP contribution in [-0.2, 0) is 0 Å². The molecule has 0 aliphatic carbocycles. The second-order valence-corrected chi connectivity index (χ2v) is 3.22. The van der Waals surface area contributed by atoms with Crippen LogP contribution in [0.15, 0.2) is 28.7 Å². The SMILES string of the molecule is CC(=O)c1ccc2cc(C(=O)O)oc2c1. The molecule has 0 fully saturated rings. The maximum absolute atomic E-state index is 11.1. The van der Waals surface area contributed by atoms with Gasteiger partial charge in [0.1, 0.15) is 5.58 Å². The van der Waals surface area contributed by atoms with E-state index in [1.807, 2.05) is 0 Å². The van der Waals surface area contributed by atoms with E-state index in [-0.39, 0.29) is 11.5 Å². The van der Waals surface area contributed by atoms with Crippen molar-refractivity contribution >= 4 is 22.7 Å². The van der Waals surface area contributed by atoms with Gasteiger partial charge in [-0.1, -0.05) is 12.1 Å². The van der Waals surface area contributed by atoms with E-state index in [2.05, 4.69) is 0 Å². The number of ketones is 1. The highest BCUT2D eigenvalue weighted by Crippen LogP contribution is 2.20. The van der Waals surface area contributed by atoms with Gasteiger partial charge in [-0.2, -0.15) is 0 Å². The van der Waals surface area contributed by atoms with Crippen LogP contribution in [0.2, 0.25) is 0 Å². The fourth-order valence-electron chi connectivity index (χ4n) is 1.36. The number of fused-ring (bicyclic) bond motifs is 1. The summed E-state index contributed by atoms with van der Waals surface area (Å²) < 4.78 is 5.07. The van der Waals surface area contributed by atoms with Gasteiger partial charge in [-0.3, -0.25) is 4.79 Å². The molecule has 2 rings (SSSR count). The second-order valence-electron chi connectivity index (χ2n) is 3.22. The van der Waals surface area contributed by atoms with Crippen molar-refractivity contribution in [3.05, 3.63) is 35.6 Å². The fraction of sp³-hybridized carbons (Fsp3) is 0.0909. The number of hydrogen-bond acceptors (Lipinski definition) is 3. The van der Waals surface area contributed by atoms with Crippen LogP contribution in [-0.4, -0.2) is 16.9 Å². The molecule has 0 aliphatic rings. The minimum absolute atomic E-state index is 0.0785. The zero-order valence-corrected chi connectivity index (χ0v) is 7.98. The molecular formula is C11H8O4. The highest BCUT2D eigenvalue weighted by atomic mass is 16.4. The van der Waals surface area contributed by atoms with Crippen molar-refractivity contribution in [1.29, 1.82) is 0 Å². The van der Waals surface area contributed by atoms with Crippen LogP contribution in [0.3, 0.4) is 0 Å². The first-order valence-electron chi connectivity index (χ1n) is 4.36. The molecule has 0 radical (unpaired) electrons. The molecule has 1 aromatic heterocycles. The van der Waals surface area contributed by atoms with Gasteiger partial charge in [-0.05, 0) is 19.1 Å². The zero-order valence-electron chi connectivity index (χ0n) is 7.98. The number of carboxylic acid groups (broad SMARTS) is 1. The van der Waals surface area contributed by atoms with E-state index >= 15 is 0 Å². The predicted octanol–water partition coefficient (Wildman–Crippen LogP) is 2.33. The van der Waals surface area contributed by atoms with E-state index in [0.717, 1.165) is 0 Å². The number of aromatic carboxylic acids is 1. The van der Waals surface area contributed by atoms with Crippen LogP contribution in [0, 0.1) is 0 Å².